The molecule has 86 valence electrons. The summed E-state index contributed by atoms with van der Waals surface area (Å²) in [5.74, 6) is 0.290. The molecule has 4 nitrogen and oxygen atoms in total. The number of thioether (sulfide) groups is 1. The number of amides is 2. The molecule has 0 spiro atoms. The second-order valence-electron chi connectivity index (χ2n) is 3.71. The van der Waals surface area contributed by atoms with E-state index in [9.17, 15) is 9.59 Å². The first-order valence-corrected chi connectivity index (χ1v) is 5.96. The van der Waals surface area contributed by atoms with Gasteiger partial charge in [0.15, 0.2) is 0 Å². The zero-order chi connectivity index (χ0) is 9.97. The average Bonchev–Trinajstić information content (AvgIpc) is 2.51. The van der Waals surface area contributed by atoms with Gasteiger partial charge < -0.3 is 5.32 Å². The van der Waals surface area contributed by atoms with E-state index in [-0.39, 0.29) is 23.6 Å². The average molecular weight is 251 g/mol. The number of piperidine rings is 1. The molecule has 2 fully saturated rings. The number of nitrogens with one attached hydrogen (secondary N) is 1. The Morgan fingerprint density at radius 3 is 2.73 bits per heavy atom. The van der Waals surface area contributed by atoms with E-state index in [1.807, 2.05) is 0 Å². The molecule has 2 aliphatic rings. The molecule has 2 amide bonds. The van der Waals surface area contributed by atoms with Crippen LogP contribution in [0, 0.1) is 0 Å². The normalized spacial score (nSPS) is 26.7. The molecule has 1 unspecified atom stereocenters. The fourth-order valence-corrected chi connectivity index (χ4v) is 2.59. The quantitative estimate of drug-likeness (QED) is 0.801. The van der Waals surface area contributed by atoms with Crippen molar-refractivity contribution in [2.45, 2.75) is 25.3 Å². The van der Waals surface area contributed by atoms with E-state index in [0.29, 0.717) is 18.3 Å². The van der Waals surface area contributed by atoms with E-state index in [1.165, 1.54) is 17.7 Å². The number of carbonyl (C=O) groups is 2. The minimum Gasteiger partial charge on any atom is -0.312 e. The summed E-state index contributed by atoms with van der Waals surface area (Å²) in [5.41, 5.74) is 0. The van der Waals surface area contributed by atoms with Crippen LogP contribution in [0.5, 0.6) is 0 Å². The largest absolute Gasteiger partial charge is 0.312 e. The molecule has 0 aromatic carbocycles. The van der Waals surface area contributed by atoms with Crippen LogP contribution in [0.25, 0.3) is 0 Å². The van der Waals surface area contributed by atoms with Crippen LogP contribution in [0.15, 0.2) is 0 Å². The predicted octanol–water partition coefficient (Wildman–Crippen LogP) is 1.25. The molecule has 0 saturated carbocycles. The third-order valence-electron chi connectivity index (χ3n) is 2.66. The number of hydrogen-bond acceptors (Lipinski definition) is 4. The summed E-state index contributed by atoms with van der Waals surface area (Å²) in [6, 6.07) is 0.315. The van der Waals surface area contributed by atoms with Crippen molar-refractivity contribution in [1.82, 2.24) is 10.2 Å². The molecule has 0 aromatic heterocycles. The molecule has 2 heterocycles. The summed E-state index contributed by atoms with van der Waals surface area (Å²) >= 11 is 1.11. The number of carbonyl (C=O) groups excluding carboxylic acids is 2. The molecule has 2 rings (SSSR count). The number of nitrogens with zero attached hydrogens (tertiary/aromatic N) is 1. The number of hydrogen-bond donors (Lipinski definition) is 1. The summed E-state index contributed by atoms with van der Waals surface area (Å²) in [6.07, 6.45) is 3.47. The van der Waals surface area contributed by atoms with Crippen molar-refractivity contribution in [1.29, 1.82) is 0 Å². The van der Waals surface area contributed by atoms with Gasteiger partial charge in [-0.3, -0.25) is 14.5 Å². The van der Waals surface area contributed by atoms with Crippen molar-refractivity contribution >= 4 is 35.3 Å². The van der Waals surface area contributed by atoms with Gasteiger partial charge in [0.05, 0.1) is 5.75 Å². The highest BCUT2D eigenvalue weighted by atomic mass is 35.5. The maximum atomic E-state index is 11.3. The first kappa shape index (κ1) is 12.8. The Kier molecular flexibility index (Phi) is 4.89. The lowest BCUT2D eigenvalue weighted by molar-refractivity contribution is -0.124. The Morgan fingerprint density at radius 2 is 2.20 bits per heavy atom. The SMILES string of the molecule is Cl.O=C1CSC(=O)N1CC1CCCCN1. The highest BCUT2D eigenvalue weighted by Crippen LogP contribution is 2.20. The van der Waals surface area contributed by atoms with E-state index in [0.717, 1.165) is 24.7 Å². The molecule has 2 aliphatic heterocycles. The summed E-state index contributed by atoms with van der Waals surface area (Å²) in [5, 5.41) is 3.25. The van der Waals surface area contributed by atoms with Gasteiger partial charge in [0.25, 0.3) is 5.24 Å². The summed E-state index contributed by atoms with van der Waals surface area (Å²) < 4.78 is 0. The monoisotopic (exact) mass is 250 g/mol. The molecule has 2 saturated heterocycles. The van der Waals surface area contributed by atoms with Gasteiger partial charge in [-0.2, -0.15) is 0 Å². The van der Waals surface area contributed by atoms with Gasteiger partial charge in [0, 0.05) is 12.6 Å². The third-order valence-corrected chi connectivity index (χ3v) is 3.51. The van der Waals surface area contributed by atoms with Crippen molar-refractivity contribution in [3.8, 4) is 0 Å². The summed E-state index contributed by atoms with van der Waals surface area (Å²) in [7, 11) is 0. The lowest BCUT2D eigenvalue weighted by Crippen LogP contribution is -2.45. The van der Waals surface area contributed by atoms with E-state index in [2.05, 4.69) is 5.32 Å². The topological polar surface area (TPSA) is 49.4 Å². The van der Waals surface area contributed by atoms with E-state index in [4.69, 9.17) is 0 Å². The van der Waals surface area contributed by atoms with Crippen LogP contribution in [0.4, 0.5) is 4.79 Å². The molecule has 0 bridgehead atoms. The van der Waals surface area contributed by atoms with E-state index < -0.39 is 0 Å². The van der Waals surface area contributed by atoms with Crippen LogP contribution >= 0.6 is 24.2 Å². The third kappa shape index (κ3) is 3.09. The summed E-state index contributed by atoms with van der Waals surface area (Å²) in [4.78, 5) is 24.0. The lowest BCUT2D eigenvalue weighted by atomic mass is 10.0. The van der Waals surface area contributed by atoms with Crippen molar-refractivity contribution in [3.05, 3.63) is 0 Å². The number of imide groups is 1. The van der Waals surface area contributed by atoms with E-state index >= 15 is 0 Å². The van der Waals surface area contributed by atoms with Crippen LogP contribution in [-0.2, 0) is 4.79 Å². The predicted molar refractivity (Wildman–Crippen MR) is 62.5 cm³/mol. The van der Waals surface area contributed by atoms with Gasteiger partial charge in [-0.05, 0) is 19.4 Å². The van der Waals surface area contributed by atoms with Crippen molar-refractivity contribution in [2.75, 3.05) is 18.8 Å². The molecule has 15 heavy (non-hydrogen) atoms. The van der Waals surface area contributed by atoms with Crippen molar-refractivity contribution in [3.63, 3.8) is 0 Å². The molecule has 0 radical (unpaired) electrons. The maximum Gasteiger partial charge on any atom is 0.288 e. The first-order chi connectivity index (χ1) is 6.77. The smallest absolute Gasteiger partial charge is 0.288 e. The minimum absolute atomic E-state index is 0. The molecule has 1 atom stereocenters. The van der Waals surface area contributed by atoms with E-state index in [1.54, 1.807) is 0 Å². The summed E-state index contributed by atoms with van der Waals surface area (Å²) in [6.45, 7) is 1.57. The Morgan fingerprint density at radius 1 is 1.40 bits per heavy atom. The van der Waals surface area contributed by atoms with Gasteiger partial charge in [-0.25, -0.2) is 0 Å². The Balaban J connectivity index is 0.00000112. The fraction of sp³-hybridized carbons (Fsp3) is 0.778. The van der Waals surface area contributed by atoms with Crippen LogP contribution in [0.2, 0.25) is 0 Å². The van der Waals surface area contributed by atoms with Gasteiger partial charge in [0.1, 0.15) is 0 Å². The van der Waals surface area contributed by atoms with Crippen LogP contribution < -0.4 is 5.32 Å². The van der Waals surface area contributed by atoms with Gasteiger partial charge in [0.2, 0.25) is 5.91 Å². The molecule has 1 N–H and O–H groups in total. The maximum absolute atomic E-state index is 11.3. The van der Waals surface area contributed by atoms with Crippen LogP contribution in [0.3, 0.4) is 0 Å². The van der Waals surface area contributed by atoms with Crippen molar-refractivity contribution < 1.29 is 9.59 Å². The minimum atomic E-state index is -0.0811. The molecular formula is C9H15ClN2O2S. The van der Waals surface area contributed by atoms with Gasteiger partial charge in [-0.1, -0.05) is 18.2 Å². The molecule has 0 aliphatic carbocycles. The highest BCUT2D eigenvalue weighted by Gasteiger charge is 2.31. The number of halogens is 1. The number of rotatable bonds is 2. The molecular weight excluding hydrogens is 236 g/mol. The zero-order valence-corrected chi connectivity index (χ0v) is 10.0. The second-order valence-corrected chi connectivity index (χ2v) is 4.63. The molecule has 6 heteroatoms. The van der Waals surface area contributed by atoms with Crippen LogP contribution in [-0.4, -0.2) is 40.9 Å². The van der Waals surface area contributed by atoms with Crippen LogP contribution in [0.1, 0.15) is 19.3 Å². The Hall–Kier alpha value is -0.260. The first-order valence-electron chi connectivity index (χ1n) is 4.98. The fourth-order valence-electron chi connectivity index (χ4n) is 1.86. The highest BCUT2D eigenvalue weighted by molar-refractivity contribution is 8.14. The lowest BCUT2D eigenvalue weighted by Gasteiger charge is -2.26. The molecule has 0 aromatic rings. The Labute approximate surface area is 99.6 Å². The van der Waals surface area contributed by atoms with Gasteiger partial charge >= 0.3 is 0 Å². The van der Waals surface area contributed by atoms with Crippen molar-refractivity contribution in [2.24, 2.45) is 0 Å². The standard InChI is InChI=1S/C9H14N2O2S.ClH/c12-8-6-14-9(13)11(8)5-7-3-1-2-4-10-7;/h7,10H,1-6H2;1H. The van der Waals surface area contributed by atoms with Gasteiger partial charge in [-0.15, -0.1) is 12.4 Å². The second kappa shape index (κ2) is 5.72. The zero-order valence-electron chi connectivity index (χ0n) is 8.40. The Bertz CT molecular complexity index is 240.